The molecule has 0 saturated heterocycles. The van der Waals surface area contributed by atoms with E-state index in [1.807, 2.05) is 6.07 Å². The quantitative estimate of drug-likeness (QED) is 0.606. The van der Waals surface area contributed by atoms with Gasteiger partial charge in [0.25, 0.3) is 0 Å². The SMILES string of the molecule is N#Cc1ccc(CN(Cc2ccccn2)S(=O)(=O)c2ccc(Cl)cc2F)cc1. The summed E-state index contributed by atoms with van der Waals surface area (Å²) in [6.45, 7) is -0.0437. The molecule has 0 aliphatic carbocycles. The number of aromatic nitrogens is 1. The lowest BCUT2D eigenvalue weighted by Crippen LogP contribution is -2.31. The van der Waals surface area contributed by atoms with E-state index in [1.165, 1.54) is 6.07 Å². The predicted octanol–water partition coefficient (Wildman–Crippen LogP) is 4.14. The third-order valence-electron chi connectivity index (χ3n) is 4.02. The third-order valence-corrected chi connectivity index (χ3v) is 6.08. The van der Waals surface area contributed by atoms with Gasteiger partial charge in [-0.15, -0.1) is 0 Å². The lowest BCUT2D eigenvalue weighted by Gasteiger charge is -2.22. The second kappa shape index (κ2) is 8.48. The molecule has 0 radical (unpaired) electrons. The van der Waals surface area contributed by atoms with E-state index in [4.69, 9.17) is 16.9 Å². The van der Waals surface area contributed by atoms with Crippen molar-refractivity contribution in [2.24, 2.45) is 0 Å². The maximum Gasteiger partial charge on any atom is 0.246 e. The van der Waals surface area contributed by atoms with Crippen molar-refractivity contribution in [3.8, 4) is 6.07 Å². The van der Waals surface area contributed by atoms with Gasteiger partial charge in [-0.1, -0.05) is 29.8 Å². The van der Waals surface area contributed by atoms with E-state index in [-0.39, 0.29) is 18.1 Å². The van der Waals surface area contributed by atoms with Gasteiger partial charge < -0.3 is 0 Å². The maximum atomic E-state index is 14.3. The fourth-order valence-corrected chi connectivity index (χ4v) is 4.21. The summed E-state index contributed by atoms with van der Waals surface area (Å²) in [7, 11) is -4.17. The van der Waals surface area contributed by atoms with Gasteiger partial charge in [0.1, 0.15) is 10.7 Å². The highest BCUT2D eigenvalue weighted by atomic mass is 35.5. The van der Waals surface area contributed by atoms with E-state index in [0.717, 1.165) is 16.4 Å². The lowest BCUT2D eigenvalue weighted by molar-refractivity contribution is 0.393. The second-order valence-electron chi connectivity index (χ2n) is 5.98. The van der Waals surface area contributed by atoms with Crippen LogP contribution in [0.15, 0.2) is 71.8 Å². The topological polar surface area (TPSA) is 74.1 Å². The van der Waals surface area contributed by atoms with Gasteiger partial charge in [0, 0.05) is 17.8 Å². The summed E-state index contributed by atoms with van der Waals surface area (Å²) in [4.78, 5) is 3.71. The van der Waals surface area contributed by atoms with Crippen LogP contribution in [0, 0.1) is 17.1 Å². The first-order valence-electron chi connectivity index (χ1n) is 8.24. The standard InChI is InChI=1S/C20H15ClFN3O2S/c21-17-8-9-20(19(22)11-17)28(26,27)25(14-18-3-1-2-10-24-18)13-16-6-4-15(12-23)5-7-16/h1-11H,13-14H2. The van der Waals surface area contributed by atoms with Crippen molar-refractivity contribution in [2.45, 2.75) is 18.0 Å². The Morgan fingerprint density at radius 1 is 1.07 bits per heavy atom. The van der Waals surface area contributed by atoms with E-state index in [9.17, 15) is 12.8 Å². The molecule has 0 spiro atoms. The average molecular weight is 416 g/mol. The summed E-state index contributed by atoms with van der Waals surface area (Å²) in [5.74, 6) is -0.918. The van der Waals surface area contributed by atoms with E-state index in [0.29, 0.717) is 16.8 Å². The molecule has 1 heterocycles. The normalized spacial score (nSPS) is 11.4. The summed E-state index contributed by atoms with van der Waals surface area (Å²) < 4.78 is 41.8. The number of benzene rings is 2. The Labute approximate surface area is 167 Å². The van der Waals surface area contributed by atoms with Gasteiger partial charge in [0.05, 0.1) is 23.9 Å². The molecule has 0 aliphatic rings. The van der Waals surface area contributed by atoms with Gasteiger partial charge in [-0.2, -0.15) is 9.57 Å². The Morgan fingerprint density at radius 2 is 1.82 bits per heavy atom. The minimum absolute atomic E-state index is 0.00726. The number of pyridine rings is 1. The maximum absolute atomic E-state index is 14.3. The van der Waals surface area contributed by atoms with Crippen LogP contribution in [0.3, 0.4) is 0 Å². The van der Waals surface area contributed by atoms with Crippen molar-refractivity contribution >= 4 is 21.6 Å². The largest absolute Gasteiger partial charge is 0.260 e. The lowest BCUT2D eigenvalue weighted by atomic mass is 10.1. The van der Waals surface area contributed by atoms with Gasteiger partial charge in [-0.3, -0.25) is 4.98 Å². The first kappa shape index (κ1) is 20.0. The molecular formula is C20H15ClFN3O2S. The molecule has 1 aromatic heterocycles. The molecule has 0 bridgehead atoms. The summed E-state index contributed by atoms with van der Waals surface area (Å²) in [5, 5.41) is 9.03. The monoisotopic (exact) mass is 415 g/mol. The molecule has 0 atom stereocenters. The Bertz CT molecular complexity index is 1110. The molecule has 3 rings (SSSR count). The average Bonchev–Trinajstić information content (AvgIpc) is 2.68. The zero-order chi connectivity index (χ0) is 20.1. The Kier molecular flexibility index (Phi) is 6.05. The molecule has 0 unspecified atom stereocenters. The molecule has 0 amide bonds. The molecule has 0 aliphatic heterocycles. The third kappa shape index (κ3) is 4.54. The molecule has 0 saturated carbocycles. The van der Waals surface area contributed by atoms with Crippen molar-refractivity contribution in [1.82, 2.24) is 9.29 Å². The van der Waals surface area contributed by atoms with Crippen LogP contribution in [0.5, 0.6) is 0 Å². The van der Waals surface area contributed by atoms with Crippen LogP contribution < -0.4 is 0 Å². The molecule has 8 heteroatoms. The van der Waals surface area contributed by atoms with Gasteiger partial charge >= 0.3 is 0 Å². The van der Waals surface area contributed by atoms with Gasteiger partial charge in [-0.25, -0.2) is 12.8 Å². The van der Waals surface area contributed by atoms with Gasteiger partial charge in [0.2, 0.25) is 10.0 Å². The van der Waals surface area contributed by atoms with Crippen LogP contribution in [0.4, 0.5) is 4.39 Å². The molecule has 5 nitrogen and oxygen atoms in total. The van der Waals surface area contributed by atoms with E-state index in [1.54, 1.807) is 48.7 Å². The number of hydrogen-bond donors (Lipinski definition) is 0. The van der Waals surface area contributed by atoms with E-state index >= 15 is 0 Å². The van der Waals surface area contributed by atoms with Crippen LogP contribution in [0.2, 0.25) is 5.02 Å². The molecule has 0 fully saturated rings. The van der Waals surface area contributed by atoms with Crippen LogP contribution >= 0.6 is 11.6 Å². The highest BCUT2D eigenvalue weighted by Gasteiger charge is 2.28. The van der Waals surface area contributed by atoms with E-state index < -0.39 is 20.7 Å². The minimum atomic E-state index is -4.17. The number of rotatable bonds is 6. The smallest absolute Gasteiger partial charge is 0.246 e. The van der Waals surface area contributed by atoms with Crippen LogP contribution in [0.25, 0.3) is 0 Å². The highest BCUT2D eigenvalue weighted by molar-refractivity contribution is 7.89. The molecule has 3 aromatic rings. The number of nitriles is 1. The van der Waals surface area contributed by atoms with E-state index in [2.05, 4.69) is 4.98 Å². The van der Waals surface area contributed by atoms with Crippen molar-refractivity contribution in [2.75, 3.05) is 0 Å². The van der Waals surface area contributed by atoms with Crippen molar-refractivity contribution in [3.63, 3.8) is 0 Å². The van der Waals surface area contributed by atoms with Crippen molar-refractivity contribution in [3.05, 3.63) is 94.5 Å². The Balaban J connectivity index is 2.00. The fourth-order valence-electron chi connectivity index (χ4n) is 2.61. The molecule has 0 N–H and O–H groups in total. The highest BCUT2D eigenvalue weighted by Crippen LogP contribution is 2.25. The van der Waals surface area contributed by atoms with Crippen molar-refractivity contribution < 1.29 is 12.8 Å². The molecular weight excluding hydrogens is 401 g/mol. The molecule has 28 heavy (non-hydrogen) atoms. The first-order chi connectivity index (χ1) is 13.4. The van der Waals surface area contributed by atoms with Crippen LogP contribution in [-0.4, -0.2) is 17.7 Å². The Morgan fingerprint density at radius 3 is 2.43 bits per heavy atom. The first-order valence-corrected chi connectivity index (χ1v) is 10.1. The van der Waals surface area contributed by atoms with Gasteiger partial charge in [-0.05, 0) is 48.0 Å². The van der Waals surface area contributed by atoms with Crippen LogP contribution in [0.1, 0.15) is 16.8 Å². The van der Waals surface area contributed by atoms with Gasteiger partial charge in [0.15, 0.2) is 0 Å². The summed E-state index contributed by atoms with van der Waals surface area (Å²) in [6, 6.07) is 17.2. The number of nitrogens with zero attached hydrogens (tertiary/aromatic N) is 3. The molecule has 2 aromatic carbocycles. The van der Waals surface area contributed by atoms with Crippen molar-refractivity contribution in [1.29, 1.82) is 5.26 Å². The number of sulfonamides is 1. The Hall–Kier alpha value is -2.79. The number of hydrogen-bond acceptors (Lipinski definition) is 4. The summed E-state index contributed by atoms with van der Waals surface area (Å²) in [5.41, 5.74) is 1.65. The zero-order valence-electron chi connectivity index (χ0n) is 14.6. The number of halogens is 2. The second-order valence-corrected chi connectivity index (χ2v) is 8.32. The summed E-state index contributed by atoms with van der Waals surface area (Å²) in [6.07, 6.45) is 1.56. The minimum Gasteiger partial charge on any atom is -0.260 e. The molecule has 142 valence electrons. The predicted molar refractivity (Wildman–Crippen MR) is 103 cm³/mol. The zero-order valence-corrected chi connectivity index (χ0v) is 16.2. The fraction of sp³-hybridized carbons (Fsp3) is 0.100. The van der Waals surface area contributed by atoms with Crippen LogP contribution in [-0.2, 0) is 23.1 Å². The summed E-state index contributed by atoms with van der Waals surface area (Å²) >= 11 is 5.75.